The van der Waals surface area contributed by atoms with Gasteiger partial charge in [-0.1, -0.05) is 6.07 Å². The van der Waals surface area contributed by atoms with Crippen LogP contribution in [0, 0.1) is 0 Å². The highest BCUT2D eigenvalue weighted by Gasteiger charge is 1.98. The lowest BCUT2D eigenvalue weighted by molar-refractivity contribution is 1.82. The van der Waals surface area contributed by atoms with E-state index in [0.29, 0.717) is 0 Å². The molecule has 0 aliphatic rings. The van der Waals surface area contributed by atoms with Crippen LogP contribution in [0.4, 0.5) is 5.69 Å². The van der Waals surface area contributed by atoms with Crippen molar-refractivity contribution in [3.63, 3.8) is 0 Å². The van der Waals surface area contributed by atoms with Crippen molar-refractivity contribution in [2.45, 2.75) is 0 Å². The zero-order chi connectivity index (χ0) is 8.39. The summed E-state index contributed by atoms with van der Waals surface area (Å²) >= 11 is 1.66. The molecule has 1 aromatic carbocycles. The molecule has 1 aromatic heterocycles. The van der Waals surface area contributed by atoms with Gasteiger partial charge in [0.25, 0.3) is 0 Å². The number of rotatable bonds is 2. The SMILES string of the molecule is C=INc1cccc2sccc12. The Hall–Kier alpha value is -0.420. The van der Waals surface area contributed by atoms with E-state index in [0.717, 1.165) is 0 Å². The third kappa shape index (κ3) is 1.38. The maximum atomic E-state index is 3.87. The quantitative estimate of drug-likeness (QED) is 0.657. The summed E-state index contributed by atoms with van der Waals surface area (Å²) in [6, 6.07) is 8.49. The number of hydrogen-bond donors (Lipinski definition) is 1. The average Bonchev–Trinajstić information content (AvgIpc) is 2.53. The van der Waals surface area contributed by atoms with Crippen molar-refractivity contribution in [2.75, 3.05) is 3.53 Å². The van der Waals surface area contributed by atoms with Gasteiger partial charge in [-0.3, -0.25) is 0 Å². The minimum Gasteiger partial charge on any atom is -0.334 e. The van der Waals surface area contributed by atoms with Crippen molar-refractivity contribution >= 4 is 52.6 Å². The standard InChI is InChI=1S/C9H8INS/c1-10-11-8-3-2-4-9-7(8)5-6-12-9/h2-6,11H,1H2. The Kier molecular flexibility index (Phi) is 2.41. The fourth-order valence-corrected chi connectivity index (χ4v) is 2.84. The summed E-state index contributed by atoms with van der Waals surface area (Å²) in [5.41, 5.74) is 1.23. The summed E-state index contributed by atoms with van der Waals surface area (Å²) in [5, 5.41) is 3.45. The van der Waals surface area contributed by atoms with Crippen LogP contribution in [0.1, 0.15) is 0 Å². The predicted octanol–water partition coefficient (Wildman–Crippen LogP) is 3.63. The zero-order valence-corrected chi connectivity index (χ0v) is 9.35. The van der Waals surface area contributed by atoms with E-state index in [1.54, 1.807) is 11.3 Å². The topological polar surface area (TPSA) is 12.0 Å². The molecule has 0 aliphatic heterocycles. The van der Waals surface area contributed by atoms with E-state index in [4.69, 9.17) is 0 Å². The highest BCUT2D eigenvalue weighted by Crippen LogP contribution is 2.28. The van der Waals surface area contributed by atoms with Crippen LogP contribution in [-0.2, 0) is 0 Å². The highest BCUT2D eigenvalue weighted by molar-refractivity contribution is 14.2. The van der Waals surface area contributed by atoms with Crippen LogP contribution in [0.2, 0.25) is 0 Å². The number of hydrogen-bond acceptors (Lipinski definition) is 2. The Morgan fingerprint density at radius 3 is 3.08 bits per heavy atom. The fraction of sp³-hybridized carbons (Fsp3) is 0. The molecule has 12 heavy (non-hydrogen) atoms. The van der Waals surface area contributed by atoms with Crippen LogP contribution < -0.4 is 3.53 Å². The third-order valence-corrected chi connectivity index (χ3v) is 3.51. The molecular weight excluding hydrogens is 281 g/mol. The number of halogens is 1. The van der Waals surface area contributed by atoms with Crippen LogP contribution >= 0.6 is 32.3 Å². The van der Waals surface area contributed by atoms with Gasteiger partial charge in [0.15, 0.2) is 0 Å². The zero-order valence-electron chi connectivity index (χ0n) is 6.38. The maximum Gasteiger partial charge on any atom is 0.0511 e. The summed E-state index contributed by atoms with van der Waals surface area (Å²) in [5.74, 6) is 0. The molecule has 1 nitrogen and oxygen atoms in total. The first-order chi connectivity index (χ1) is 5.92. The molecule has 0 aliphatic carbocycles. The van der Waals surface area contributed by atoms with Crippen LogP contribution in [-0.4, -0.2) is 4.51 Å². The molecule has 0 radical (unpaired) electrons. The van der Waals surface area contributed by atoms with Crippen LogP contribution in [0.15, 0.2) is 29.6 Å². The van der Waals surface area contributed by atoms with Gasteiger partial charge in [0.05, 0.1) is 5.69 Å². The summed E-state index contributed by atoms with van der Waals surface area (Å²) in [4.78, 5) is 0. The third-order valence-electron chi connectivity index (χ3n) is 1.66. The summed E-state index contributed by atoms with van der Waals surface area (Å²) in [7, 11) is 0. The Bertz CT molecular complexity index is 408. The molecular formula is C9H8INS. The second-order valence-electron chi connectivity index (χ2n) is 2.37. The van der Waals surface area contributed by atoms with Gasteiger partial charge >= 0.3 is 0 Å². The largest absolute Gasteiger partial charge is 0.334 e. The van der Waals surface area contributed by atoms with E-state index in [1.165, 1.54) is 15.8 Å². The summed E-state index contributed by atoms with van der Waals surface area (Å²) < 4.78 is 8.56. The normalized spacial score (nSPS) is 10.3. The van der Waals surface area contributed by atoms with Gasteiger partial charge in [0.1, 0.15) is 0 Å². The molecule has 0 spiro atoms. The Balaban J connectivity index is 2.65. The van der Waals surface area contributed by atoms with E-state index in [2.05, 4.69) is 37.7 Å². The second kappa shape index (κ2) is 3.53. The maximum absolute atomic E-state index is 3.87. The lowest BCUT2D eigenvalue weighted by atomic mass is 10.2. The lowest BCUT2D eigenvalue weighted by Crippen LogP contribution is -1.79. The van der Waals surface area contributed by atoms with E-state index in [1.807, 2.05) is 0 Å². The van der Waals surface area contributed by atoms with E-state index in [9.17, 15) is 0 Å². The number of nitrogens with one attached hydrogen (secondary N) is 1. The second-order valence-corrected chi connectivity index (χ2v) is 4.62. The van der Waals surface area contributed by atoms with Crippen molar-refractivity contribution in [1.82, 2.24) is 0 Å². The highest BCUT2D eigenvalue weighted by atomic mass is 127. The first-order valence-electron chi connectivity index (χ1n) is 3.51. The number of fused-ring (bicyclic) bond motifs is 1. The first kappa shape index (κ1) is 8.19. The van der Waals surface area contributed by atoms with Gasteiger partial charge in [-0.25, -0.2) is 0 Å². The van der Waals surface area contributed by atoms with Crippen LogP contribution in [0.5, 0.6) is 0 Å². The Morgan fingerprint density at radius 2 is 2.25 bits per heavy atom. The molecule has 0 saturated carbocycles. The van der Waals surface area contributed by atoms with Crippen molar-refractivity contribution in [2.24, 2.45) is 0 Å². The van der Waals surface area contributed by atoms with E-state index < -0.39 is 0 Å². The van der Waals surface area contributed by atoms with Crippen molar-refractivity contribution in [1.29, 1.82) is 0 Å². The smallest absolute Gasteiger partial charge is 0.0511 e. The van der Waals surface area contributed by atoms with E-state index >= 15 is 0 Å². The van der Waals surface area contributed by atoms with Gasteiger partial charge in [-0.15, -0.1) is 11.3 Å². The predicted molar refractivity (Wildman–Crippen MR) is 66.6 cm³/mol. The molecule has 2 aromatic rings. The molecule has 2 rings (SSSR count). The number of anilines is 1. The molecule has 0 fully saturated rings. The van der Waals surface area contributed by atoms with Crippen LogP contribution in [0.3, 0.4) is 0 Å². The molecule has 62 valence electrons. The first-order valence-corrected chi connectivity index (χ1v) is 7.00. The lowest BCUT2D eigenvalue weighted by Gasteiger charge is -1.99. The average molecular weight is 289 g/mol. The van der Waals surface area contributed by atoms with Gasteiger partial charge in [0.2, 0.25) is 0 Å². The Morgan fingerprint density at radius 1 is 1.33 bits per heavy atom. The van der Waals surface area contributed by atoms with Gasteiger partial charge in [-0.2, -0.15) is 0 Å². The molecule has 0 unspecified atom stereocenters. The summed E-state index contributed by atoms with van der Waals surface area (Å²) in [6.07, 6.45) is 0. The summed E-state index contributed by atoms with van der Waals surface area (Å²) in [6.45, 7) is 0. The van der Waals surface area contributed by atoms with Gasteiger partial charge in [0, 0.05) is 10.1 Å². The fourth-order valence-electron chi connectivity index (χ4n) is 1.15. The van der Waals surface area contributed by atoms with Crippen LogP contribution in [0.25, 0.3) is 10.1 Å². The minimum atomic E-state index is -0.122. The van der Waals surface area contributed by atoms with Crippen molar-refractivity contribution in [3.8, 4) is 0 Å². The monoisotopic (exact) mass is 289 g/mol. The molecule has 0 amide bonds. The van der Waals surface area contributed by atoms with E-state index in [-0.39, 0.29) is 21.0 Å². The molecule has 3 heteroatoms. The molecule has 0 saturated heterocycles. The van der Waals surface area contributed by atoms with Crippen molar-refractivity contribution in [3.05, 3.63) is 29.6 Å². The molecule has 0 atom stereocenters. The number of benzene rings is 1. The van der Waals surface area contributed by atoms with Gasteiger partial charge < -0.3 is 3.53 Å². The minimum absolute atomic E-state index is 0.122. The Labute approximate surface area is 85.5 Å². The van der Waals surface area contributed by atoms with Crippen molar-refractivity contribution < 1.29 is 0 Å². The van der Waals surface area contributed by atoms with Gasteiger partial charge in [-0.05, 0) is 49.1 Å². The molecule has 0 bridgehead atoms. The number of thiophene rings is 1. The molecule has 1 heterocycles. The molecule has 1 N–H and O–H groups in total.